The van der Waals surface area contributed by atoms with Gasteiger partial charge in [-0.15, -0.1) is 5.10 Å². The normalized spacial score (nSPS) is 11.0. The van der Waals surface area contributed by atoms with Gasteiger partial charge in [-0.3, -0.25) is 0 Å². The lowest BCUT2D eigenvalue weighted by Gasteiger charge is -2.06. The molecule has 0 spiro atoms. The summed E-state index contributed by atoms with van der Waals surface area (Å²) in [6, 6.07) is 25.2. The zero-order valence-electron chi connectivity index (χ0n) is 14.5. The maximum Gasteiger partial charge on any atom is 0.183 e. The summed E-state index contributed by atoms with van der Waals surface area (Å²) in [6.07, 6.45) is 0. The molecule has 5 rings (SSSR count). The SMILES string of the molecule is N#Cc1ccc(-c2nc3ccccc3n3nc(-c4ccccc4Br)nc23)cc1. The van der Waals surface area contributed by atoms with Gasteiger partial charge < -0.3 is 0 Å². The van der Waals surface area contributed by atoms with Gasteiger partial charge in [0.1, 0.15) is 5.69 Å². The molecule has 2 aromatic heterocycles. The smallest absolute Gasteiger partial charge is 0.183 e. The van der Waals surface area contributed by atoms with E-state index in [-0.39, 0.29) is 0 Å². The van der Waals surface area contributed by atoms with E-state index < -0.39 is 0 Å². The Hall–Kier alpha value is -3.56. The Labute approximate surface area is 169 Å². The summed E-state index contributed by atoms with van der Waals surface area (Å²) in [4.78, 5) is 9.65. The average molecular weight is 426 g/mol. The molecule has 0 bridgehead atoms. The predicted molar refractivity (Wildman–Crippen MR) is 112 cm³/mol. The lowest BCUT2D eigenvalue weighted by atomic mass is 10.1. The fraction of sp³-hybridized carbons (Fsp3) is 0. The molecule has 28 heavy (non-hydrogen) atoms. The first-order chi connectivity index (χ1) is 13.7. The molecular formula is C22H12BrN5. The zero-order valence-corrected chi connectivity index (χ0v) is 16.1. The summed E-state index contributed by atoms with van der Waals surface area (Å²) in [7, 11) is 0. The third-order valence-electron chi connectivity index (χ3n) is 4.56. The van der Waals surface area contributed by atoms with Crippen molar-refractivity contribution in [2.24, 2.45) is 0 Å². The molecule has 0 unspecified atom stereocenters. The number of hydrogen-bond acceptors (Lipinski definition) is 4. The quantitative estimate of drug-likeness (QED) is 0.387. The highest BCUT2D eigenvalue weighted by Gasteiger charge is 2.17. The first kappa shape index (κ1) is 16.6. The lowest BCUT2D eigenvalue weighted by molar-refractivity contribution is 1.00. The van der Waals surface area contributed by atoms with Gasteiger partial charge in [-0.05, 0) is 36.4 Å². The van der Waals surface area contributed by atoms with Gasteiger partial charge >= 0.3 is 0 Å². The highest BCUT2D eigenvalue weighted by molar-refractivity contribution is 9.10. The standard InChI is InChI=1S/C22H12BrN5/c23-17-6-2-1-5-16(17)21-26-22-20(15-11-9-14(13-24)10-12-15)25-18-7-3-4-8-19(18)28(22)27-21/h1-12H. The molecule has 0 aliphatic rings. The van der Waals surface area contributed by atoms with Crippen LogP contribution in [-0.2, 0) is 0 Å². The molecule has 0 N–H and O–H groups in total. The fourth-order valence-electron chi connectivity index (χ4n) is 3.19. The van der Waals surface area contributed by atoms with Crippen molar-refractivity contribution in [2.45, 2.75) is 0 Å². The van der Waals surface area contributed by atoms with Crippen molar-refractivity contribution < 1.29 is 0 Å². The summed E-state index contributed by atoms with van der Waals surface area (Å²) in [5.41, 5.74) is 5.54. The summed E-state index contributed by atoms with van der Waals surface area (Å²) >= 11 is 3.58. The fourth-order valence-corrected chi connectivity index (χ4v) is 3.66. The second kappa shape index (κ2) is 6.55. The van der Waals surface area contributed by atoms with Crippen LogP contribution in [0.4, 0.5) is 0 Å². The van der Waals surface area contributed by atoms with E-state index in [0.717, 1.165) is 32.3 Å². The molecule has 132 valence electrons. The van der Waals surface area contributed by atoms with Crippen LogP contribution in [0, 0.1) is 11.3 Å². The number of nitrogens with zero attached hydrogens (tertiary/aromatic N) is 5. The zero-order chi connectivity index (χ0) is 19.1. The summed E-state index contributed by atoms with van der Waals surface area (Å²) in [5, 5.41) is 13.8. The molecule has 0 aliphatic heterocycles. The van der Waals surface area contributed by atoms with E-state index in [1.54, 1.807) is 12.1 Å². The van der Waals surface area contributed by atoms with E-state index in [1.165, 1.54) is 0 Å². The van der Waals surface area contributed by atoms with Crippen molar-refractivity contribution in [3.63, 3.8) is 0 Å². The molecule has 0 aliphatic carbocycles. The molecule has 0 atom stereocenters. The third kappa shape index (κ3) is 2.65. The highest BCUT2D eigenvalue weighted by atomic mass is 79.9. The van der Waals surface area contributed by atoms with Crippen molar-refractivity contribution in [3.8, 4) is 28.7 Å². The Balaban J connectivity index is 1.84. The lowest BCUT2D eigenvalue weighted by Crippen LogP contribution is -1.97. The number of aromatic nitrogens is 4. The van der Waals surface area contributed by atoms with Crippen LogP contribution in [0.25, 0.3) is 39.3 Å². The number of hydrogen-bond donors (Lipinski definition) is 0. The van der Waals surface area contributed by atoms with Crippen LogP contribution in [0.1, 0.15) is 5.56 Å². The van der Waals surface area contributed by atoms with E-state index in [9.17, 15) is 0 Å². The molecule has 2 heterocycles. The van der Waals surface area contributed by atoms with E-state index in [0.29, 0.717) is 17.0 Å². The summed E-state index contributed by atoms with van der Waals surface area (Å²) in [6.45, 7) is 0. The Morgan fingerprint density at radius 1 is 0.857 bits per heavy atom. The van der Waals surface area contributed by atoms with Crippen LogP contribution in [0.3, 0.4) is 0 Å². The van der Waals surface area contributed by atoms with E-state index in [2.05, 4.69) is 22.0 Å². The number of nitriles is 1. The van der Waals surface area contributed by atoms with E-state index >= 15 is 0 Å². The number of fused-ring (bicyclic) bond motifs is 3. The van der Waals surface area contributed by atoms with Gasteiger partial charge in [-0.1, -0.05) is 52.3 Å². The number of halogens is 1. The van der Waals surface area contributed by atoms with Gasteiger partial charge in [0, 0.05) is 15.6 Å². The van der Waals surface area contributed by atoms with E-state index in [4.69, 9.17) is 20.3 Å². The minimum atomic E-state index is 0.607. The third-order valence-corrected chi connectivity index (χ3v) is 5.25. The first-order valence-corrected chi connectivity index (χ1v) is 9.45. The van der Waals surface area contributed by atoms with Crippen molar-refractivity contribution in [1.29, 1.82) is 5.26 Å². The molecule has 0 saturated heterocycles. The molecule has 0 saturated carbocycles. The Bertz CT molecular complexity index is 1380. The molecule has 5 nitrogen and oxygen atoms in total. The predicted octanol–water partition coefficient (Wildman–Crippen LogP) is 5.25. The van der Waals surface area contributed by atoms with Crippen LogP contribution < -0.4 is 0 Å². The van der Waals surface area contributed by atoms with Crippen molar-refractivity contribution >= 4 is 32.6 Å². The van der Waals surface area contributed by atoms with Gasteiger partial charge in [-0.25, -0.2) is 14.5 Å². The Morgan fingerprint density at radius 2 is 1.61 bits per heavy atom. The van der Waals surface area contributed by atoms with Gasteiger partial charge in [0.2, 0.25) is 0 Å². The topological polar surface area (TPSA) is 66.9 Å². The number of rotatable bonds is 2. The minimum absolute atomic E-state index is 0.607. The maximum atomic E-state index is 9.07. The van der Waals surface area contributed by atoms with Gasteiger partial charge in [0.25, 0.3) is 0 Å². The van der Waals surface area contributed by atoms with Gasteiger partial charge in [0.05, 0.1) is 22.7 Å². The molecule has 6 heteroatoms. The van der Waals surface area contributed by atoms with Gasteiger partial charge in [0.15, 0.2) is 11.5 Å². The highest BCUT2D eigenvalue weighted by Crippen LogP contribution is 2.30. The van der Waals surface area contributed by atoms with Crippen LogP contribution in [-0.4, -0.2) is 19.6 Å². The van der Waals surface area contributed by atoms with E-state index in [1.807, 2.05) is 65.2 Å². The first-order valence-electron chi connectivity index (χ1n) is 8.65. The molecular weight excluding hydrogens is 414 g/mol. The van der Waals surface area contributed by atoms with Crippen LogP contribution in [0.15, 0.2) is 77.3 Å². The largest absolute Gasteiger partial charge is 0.242 e. The summed E-state index contributed by atoms with van der Waals surface area (Å²) in [5.74, 6) is 0.625. The average Bonchev–Trinajstić information content (AvgIpc) is 3.19. The van der Waals surface area contributed by atoms with Crippen LogP contribution in [0.5, 0.6) is 0 Å². The van der Waals surface area contributed by atoms with Crippen LogP contribution in [0.2, 0.25) is 0 Å². The maximum absolute atomic E-state index is 9.07. The Kier molecular flexibility index (Phi) is 3.89. The van der Waals surface area contributed by atoms with Crippen molar-refractivity contribution in [3.05, 3.63) is 82.8 Å². The Morgan fingerprint density at radius 3 is 2.39 bits per heavy atom. The van der Waals surface area contributed by atoms with Crippen molar-refractivity contribution in [1.82, 2.24) is 19.6 Å². The van der Waals surface area contributed by atoms with Crippen molar-refractivity contribution in [2.75, 3.05) is 0 Å². The molecule has 0 amide bonds. The second-order valence-electron chi connectivity index (χ2n) is 6.29. The molecule has 5 aromatic rings. The number of benzene rings is 3. The van der Waals surface area contributed by atoms with Gasteiger partial charge in [-0.2, -0.15) is 5.26 Å². The summed E-state index contributed by atoms with van der Waals surface area (Å²) < 4.78 is 2.77. The number of para-hydroxylation sites is 2. The molecule has 0 fully saturated rings. The molecule has 0 radical (unpaired) electrons. The molecule has 3 aromatic carbocycles. The second-order valence-corrected chi connectivity index (χ2v) is 7.14. The monoisotopic (exact) mass is 425 g/mol. The van der Waals surface area contributed by atoms with Crippen LogP contribution >= 0.6 is 15.9 Å². The minimum Gasteiger partial charge on any atom is -0.242 e.